The van der Waals surface area contributed by atoms with Gasteiger partial charge in [0.15, 0.2) is 0 Å². The summed E-state index contributed by atoms with van der Waals surface area (Å²) in [4.78, 5) is 0. The first-order chi connectivity index (χ1) is 8.81. The van der Waals surface area contributed by atoms with Crippen molar-refractivity contribution in [3.05, 3.63) is 18.2 Å². The van der Waals surface area contributed by atoms with Crippen LogP contribution in [0.1, 0.15) is 26.7 Å². The fraction of sp³-hybridized carbons (Fsp3) is 0.571. The van der Waals surface area contributed by atoms with Crippen molar-refractivity contribution in [2.75, 3.05) is 31.7 Å². The lowest BCUT2D eigenvalue weighted by atomic mass is 10.2. The highest BCUT2D eigenvalue weighted by atomic mass is 16.5. The van der Waals surface area contributed by atoms with Gasteiger partial charge in [0.1, 0.15) is 11.5 Å². The fourth-order valence-corrected chi connectivity index (χ4v) is 1.64. The molecule has 0 aliphatic carbocycles. The molecule has 18 heavy (non-hydrogen) atoms. The Labute approximate surface area is 109 Å². The Bertz CT molecular complexity index is 342. The molecule has 0 heterocycles. The topological polar surface area (TPSA) is 50.7 Å². The van der Waals surface area contributed by atoms with Crippen molar-refractivity contribution in [2.24, 2.45) is 0 Å². The Hall–Kier alpha value is -1.42. The highest BCUT2D eigenvalue weighted by molar-refractivity contribution is 5.59. The lowest BCUT2D eigenvalue weighted by Gasteiger charge is -2.14. The number of hydrogen-bond acceptors (Lipinski definition) is 4. The van der Waals surface area contributed by atoms with Crippen molar-refractivity contribution in [3.63, 3.8) is 0 Å². The normalized spacial score (nSPS) is 10.2. The van der Waals surface area contributed by atoms with Gasteiger partial charge in [-0.25, -0.2) is 0 Å². The second-order valence-electron chi connectivity index (χ2n) is 3.88. The number of nitrogens with one attached hydrogen (secondary N) is 1. The Morgan fingerprint density at radius 1 is 1.11 bits per heavy atom. The maximum Gasteiger partial charge on any atom is 0.142 e. The summed E-state index contributed by atoms with van der Waals surface area (Å²) in [6, 6.07) is 5.78. The molecule has 0 spiro atoms. The van der Waals surface area contributed by atoms with Gasteiger partial charge in [0, 0.05) is 19.2 Å². The van der Waals surface area contributed by atoms with E-state index in [9.17, 15) is 0 Å². The molecule has 1 rings (SSSR count). The lowest BCUT2D eigenvalue weighted by Crippen LogP contribution is -2.05. The van der Waals surface area contributed by atoms with Crippen LogP contribution in [0.4, 0.5) is 5.69 Å². The highest BCUT2D eigenvalue weighted by Gasteiger charge is 2.05. The van der Waals surface area contributed by atoms with Crippen LogP contribution in [-0.4, -0.2) is 31.5 Å². The van der Waals surface area contributed by atoms with Crippen molar-refractivity contribution < 1.29 is 14.6 Å². The van der Waals surface area contributed by atoms with Crippen LogP contribution in [0.25, 0.3) is 0 Å². The number of rotatable bonds is 9. The first kappa shape index (κ1) is 14.6. The molecule has 0 fully saturated rings. The van der Waals surface area contributed by atoms with Crippen LogP contribution in [0.5, 0.6) is 11.5 Å². The molecular weight excluding hydrogens is 230 g/mol. The van der Waals surface area contributed by atoms with Crippen molar-refractivity contribution >= 4 is 5.69 Å². The van der Waals surface area contributed by atoms with E-state index in [1.54, 1.807) is 0 Å². The van der Waals surface area contributed by atoms with Crippen LogP contribution in [0.15, 0.2) is 18.2 Å². The van der Waals surface area contributed by atoms with Crippen LogP contribution in [0.3, 0.4) is 0 Å². The van der Waals surface area contributed by atoms with Gasteiger partial charge in [0.05, 0.1) is 18.9 Å². The Morgan fingerprint density at radius 3 is 2.56 bits per heavy atom. The Morgan fingerprint density at radius 2 is 1.89 bits per heavy atom. The molecule has 1 aromatic carbocycles. The highest BCUT2D eigenvalue weighted by Crippen LogP contribution is 2.29. The lowest BCUT2D eigenvalue weighted by molar-refractivity contribution is 0.286. The number of ether oxygens (including phenoxy) is 2. The van der Waals surface area contributed by atoms with Gasteiger partial charge < -0.3 is 19.9 Å². The molecule has 4 heteroatoms. The largest absolute Gasteiger partial charge is 0.494 e. The van der Waals surface area contributed by atoms with E-state index in [1.807, 2.05) is 32.0 Å². The van der Waals surface area contributed by atoms with E-state index in [0.717, 1.165) is 36.6 Å². The Kier molecular flexibility index (Phi) is 7.03. The minimum atomic E-state index is 0.235. The molecule has 0 aromatic heterocycles. The molecule has 102 valence electrons. The molecule has 4 nitrogen and oxygen atoms in total. The second kappa shape index (κ2) is 8.64. The summed E-state index contributed by atoms with van der Waals surface area (Å²) in [5.41, 5.74) is 0.945. The van der Waals surface area contributed by atoms with Crippen LogP contribution in [0.2, 0.25) is 0 Å². The van der Waals surface area contributed by atoms with Crippen LogP contribution < -0.4 is 14.8 Å². The smallest absolute Gasteiger partial charge is 0.142 e. The van der Waals surface area contributed by atoms with Gasteiger partial charge in [0.2, 0.25) is 0 Å². The van der Waals surface area contributed by atoms with Crippen LogP contribution >= 0.6 is 0 Å². The summed E-state index contributed by atoms with van der Waals surface area (Å²) < 4.78 is 11.0. The van der Waals surface area contributed by atoms with E-state index in [4.69, 9.17) is 14.6 Å². The number of aliphatic hydroxyl groups is 1. The molecule has 0 radical (unpaired) electrons. The number of unbranched alkanes of at least 4 members (excludes halogenated alkanes) is 1. The molecule has 1 aromatic rings. The number of benzene rings is 1. The first-order valence-electron chi connectivity index (χ1n) is 6.56. The van der Waals surface area contributed by atoms with Crippen molar-refractivity contribution in [1.82, 2.24) is 0 Å². The second-order valence-corrected chi connectivity index (χ2v) is 3.88. The van der Waals surface area contributed by atoms with Gasteiger partial charge in [0.25, 0.3) is 0 Å². The van der Waals surface area contributed by atoms with E-state index in [1.165, 1.54) is 0 Å². The molecule has 0 aliphatic heterocycles. The van der Waals surface area contributed by atoms with Gasteiger partial charge in [-0.1, -0.05) is 0 Å². The SMILES string of the molecule is CCOc1ccc(OCC)c(NCCCCO)c1. The molecule has 0 saturated heterocycles. The third-order valence-electron chi connectivity index (χ3n) is 2.46. The number of aliphatic hydroxyl groups excluding tert-OH is 1. The van der Waals surface area contributed by atoms with Crippen molar-refractivity contribution in [3.8, 4) is 11.5 Å². The monoisotopic (exact) mass is 253 g/mol. The zero-order valence-electron chi connectivity index (χ0n) is 11.2. The molecule has 0 bridgehead atoms. The predicted molar refractivity (Wildman–Crippen MR) is 73.6 cm³/mol. The van der Waals surface area contributed by atoms with Gasteiger partial charge in [-0.15, -0.1) is 0 Å². The van der Waals surface area contributed by atoms with Crippen molar-refractivity contribution in [2.45, 2.75) is 26.7 Å². The van der Waals surface area contributed by atoms with Gasteiger partial charge in [-0.3, -0.25) is 0 Å². The van der Waals surface area contributed by atoms with E-state index < -0.39 is 0 Å². The van der Waals surface area contributed by atoms with E-state index in [-0.39, 0.29) is 6.61 Å². The minimum absolute atomic E-state index is 0.235. The molecule has 0 amide bonds. The Balaban J connectivity index is 2.66. The maximum atomic E-state index is 8.74. The number of hydrogen-bond donors (Lipinski definition) is 2. The summed E-state index contributed by atoms with van der Waals surface area (Å²) in [5.74, 6) is 1.68. The summed E-state index contributed by atoms with van der Waals surface area (Å²) in [6.45, 7) is 6.27. The molecular formula is C14H23NO3. The molecule has 0 unspecified atom stereocenters. The quantitative estimate of drug-likeness (QED) is 0.664. The van der Waals surface area contributed by atoms with E-state index >= 15 is 0 Å². The van der Waals surface area contributed by atoms with Gasteiger partial charge in [-0.2, -0.15) is 0 Å². The van der Waals surface area contributed by atoms with Crippen LogP contribution in [-0.2, 0) is 0 Å². The average Bonchev–Trinajstić information content (AvgIpc) is 2.38. The molecule has 0 atom stereocenters. The van der Waals surface area contributed by atoms with Gasteiger partial charge in [-0.05, 0) is 38.8 Å². The zero-order valence-corrected chi connectivity index (χ0v) is 11.2. The summed E-state index contributed by atoms with van der Waals surface area (Å²) in [7, 11) is 0. The third-order valence-corrected chi connectivity index (χ3v) is 2.46. The summed E-state index contributed by atoms with van der Waals surface area (Å²) in [6.07, 6.45) is 1.74. The minimum Gasteiger partial charge on any atom is -0.494 e. The van der Waals surface area contributed by atoms with E-state index in [2.05, 4.69) is 5.32 Å². The fourth-order valence-electron chi connectivity index (χ4n) is 1.64. The number of anilines is 1. The molecule has 0 aliphatic rings. The third kappa shape index (κ3) is 4.84. The summed E-state index contributed by atoms with van der Waals surface area (Å²) >= 11 is 0. The zero-order chi connectivity index (χ0) is 13.2. The molecule has 0 saturated carbocycles. The predicted octanol–water partition coefficient (Wildman–Crippen LogP) is 2.67. The standard InChI is InChI=1S/C14H23NO3/c1-3-17-12-7-8-14(18-4-2)13(11-12)15-9-5-6-10-16/h7-8,11,15-16H,3-6,9-10H2,1-2H3. The van der Waals surface area contributed by atoms with Crippen molar-refractivity contribution in [1.29, 1.82) is 0 Å². The van der Waals surface area contributed by atoms with Crippen LogP contribution in [0, 0.1) is 0 Å². The summed E-state index contributed by atoms with van der Waals surface area (Å²) in [5, 5.41) is 12.1. The molecule has 2 N–H and O–H groups in total. The van der Waals surface area contributed by atoms with Gasteiger partial charge >= 0.3 is 0 Å². The average molecular weight is 253 g/mol. The maximum absolute atomic E-state index is 8.74. The first-order valence-corrected chi connectivity index (χ1v) is 6.56. The van der Waals surface area contributed by atoms with E-state index in [0.29, 0.717) is 13.2 Å².